The highest BCUT2D eigenvalue weighted by Crippen LogP contribution is 2.30. The monoisotopic (exact) mass is 348 g/mol. The molecule has 0 heterocycles. The maximum Gasteiger partial charge on any atom is 0.175 e. The highest BCUT2D eigenvalue weighted by molar-refractivity contribution is 7.80. The van der Waals surface area contributed by atoms with Crippen LogP contribution in [0.2, 0.25) is 0 Å². The molecule has 0 spiro atoms. The Labute approximate surface area is 146 Å². The van der Waals surface area contributed by atoms with Gasteiger partial charge in [-0.25, -0.2) is 0 Å². The fraction of sp³-hybridized carbons (Fsp3) is 0.235. The average molecular weight is 348 g/mol. The van der Waals surface area contributed by atoms with E-state index in [4.69, 9.17) is 31.2 Å². The van der Waals surface area contributed by atoms with Crippen molar-refractivity contribution in [1.29, 1.82) is 0 Å². The van der Waals surface area contributed by atoms with E-state index in [-0.39, 0.29) is 0 Å². The van der Waals surface area contributed by atoms with Crippen molar-refractivity contribution in [2.45, 2.75) is 0 Å². The van der Waals surface area contributed by atoms with Crippen molar-refractivity contribution in [3.8, 4) is 23.0 Å². The van der Waals surface area contributed by atoms with Gasteiger partial charge in [0.05, 0.1) is 34.1 Å². The predicted molar refractivity (Wildman–Crippen MR) is 98.9 cm³/mol. The van der Waals surface area contributed by atoms with Gasteiger partial charge in [-0.15, -0.1) is 0 Å². The molecule has 0 unspecified atom stereocenters. The number of methoxy groups -OCH3 is 4. The second-order valence-corrected chi connectivity index (χ2v) is 5.15. The third-order valence-corrected chi connectivity index (χ3v) is 3.47. The van der Waals surface area contributed by atoms with Crippen molar-refractivity contribution in [1.82, 2.24) is 0 Å². The quantitative estimate of drug-likeness (QED) is 0.774. The average Bonchev–Trinajstić information content (AvgIpc) is 2.61. The van der Waals surface area contributed by atoms with Crippen molar-refractivity contribution in [2.75, 3.05) is 39.1 Å². The highest BCUT2D eigenvalue weighted by Gasteiger charge is 2.08. The van der Waals surface area contributed by atoms with Crippen LogP contribution in [0.25, 0.3) is 0 Å². The van der Waals surface area contributed by atoms with Crippen LogP contribution in [0.15, 0.2) is 36.4 Å². The van der Waals surface area contributed by atoms with Gasteiger partial charge in [-0.1, -0.05) is 0 Å². The first-order chi connectivity index (χ1) is 11.6. The summed E-state index contributed by atoms with van der Waals surface area (Å²) >= 11 is 5.36. The van der Waals surface area contributed by atoms with Gasteiger partial charge in [0.25, 0.3) is 0 Å². The zero-order valence-corrected chi connectivity index (χ0v) is 14.8. The van der Waals surface area contributed by atoms with Crippen LogP contribution >= 0.6 is 12.2 Å². The molecule has 0 atom stereocenters. The Balaban J connectivity index is 2.14. The van der Waals surface area contributed by atoms with Gasteiger partial charge in [0.2, 0.25) is 0 Å². The largest absolute Gasteiger partial charge is 0.497 e. The summed E-state index contributed by atoms with van der Waals surface area (Å²) in [5.74, 6) is 2.67. The van der Waals surface area contributed by atoms with Crippen LogP contribution in [0.1, 0.15) is 0 Å². The molecular weight excluding hydrogens is 328 g/mol. The summed E-state index contributed by atoms with van der Waals surface area (Å²) in [5, 5.41) is 6.60. The number of anilines is 2. The van der Waals surface area contributed by atoms with Gasteiger partial charge in [-0.3, -0.25) is 0 Å². The third kappa shape index (κ3) is 4.42. The van der Waals surface area contributed by atoms with Gasteiger partial charge >= 0.3 is 0 Å². The highest BCUT2D eigenvalue weighted by atomic mass is 32.1. The molecule has 7 heteroatoms. The summed E-state index contributed by atoms with van der Waals surface area (Å²) in [5.41, 5.74) is 1.47. The van der Waals surface area contributed by atoms with Crippen LogP contribution in [0, 0.1) is 0 Å². The molecule has 0 aliphatic rings. The molecule has 2 N–H and O–H groups in total. The second-order valence-electron chi connectivity index (χ2n) is 4.75. The lowest BCUT2D eigenvalue weighted by molar-refractivity contribution is 0.394. The van der Waals surface area contributed by atoms with Gasteiger partial charge in [-0.2, -0.15) is 0 Å². The van der Waals surface area contributed by atoms with Gasteiger partial charge < -0.3 is 29.6 Å². The summed E-state index contributed by atoms with van der Waals surface area (Å²) in [6.07, 6.45) is 0. The van der Waals surface area contributed by atoms with Crippen LogP contribution in [0.3, 0.4) is 0 Å². The van der Waals surface area contributed by atoms with E-state index in [1.54, 1.807) is 40.6 Å². The number of hydrogen-bond acceptors (Lipinski definition) is 5. The van der Waals surface area contributed by atoms with E-state index in [1.807, 2.05) is 24.3 Å². The maximum absolute atomic E-state index is 5.36. The van der Waals surface area contributed by atoms with Crippen LogP contribution in [-0.2, 0) is 0 Å². The molecule has 0 aliphatic heterocycles. The number of thiocarbonyl (C=S) groups is 1. The molecule has 0 amide bonds. The van der Waals surface area contributed by atoms with E-state index in [9.17, 15) is 0 Å². The lowest BCUT2D eigenvalue weighted by atomic mass is 10.2. The van der Waals surface area contributed by atoms with Gasteiger partial charge in [0.1, 0.15) is 23.0 Å². The van der Waals surface area contributed by atoms with Crippen molar-refractivity contribution < 1.29 is 18.9 Å². The molecule has 0 aromatic heterocycles. The molecule has 2 aromatic carbocycles. The van der Waals surface area contributed by atoms with Gasteiger partial charge in [0, 0.05) is 30.0 Å². The zero-order chi connectivity index (χ0) is 17.5. The van der Waals surface area contributed by atoms with E-state index < -0.39 is 0 Å². The second kappa shape index (κ2) is 8.26. The predicted octanol–water partition coefficient (Wildman–Crippen LogP) is 3.53. The van der Waals surface area contributed by atoms with Crippen molar-refractivity contribution in [3.05, 3.63) is 36.4 Å². The van der Waals surface area contributed by atoms with E-state index in [2.05, 4.69) is 10.6 Å². The third-order valence-electron chi connectivity index (χ3n) is 3.27. The Bertz CT molecular complexity index is 699. The minimum Gasteiger partial charge on any atom is -0.497 e. The van der Waals surface area contributed by atoms with Crippen LogP contribution in [0.5, 0.6) is 23.0 Å². The Hall–Kier alpha value is -2.67. The Morgan fingerprint density at radius 3 is 1.92 bits per heavy atom. The summed E-state index contributed by atoms with van der Waals surface area (Å²) in [6, 6.07) is 10.9. The molecule has 0 saturated heterocycles. The Kier molecular flexibility index (Phi) is 6.08. The van der Waals surface area contributed by atoms with Crippen molar-refractivity contribution >= 4 is 28.7 Å². The zero-order valence-electron chi connectivity index (χ0n) is 14.0. The summed E-state index contributed by atoms with van der Waals surface area (Å²) in [7, 11) is 6.38. The topological polar surface area (TPSA) is 61.0 Å². The SMILES string of the molecule is COc1cc(NC(=S)Nc2ccc(OC)cc2OC)cc(OC)c1. The normalized spacial score (nSPS) is 9.83. The molecule has 0 saturated carbocycles. The number of hydrogen-bond donors (Lipinski definition) is 2. The standard InChI is InChI=1S/C17H20N2O4S/c1-20-12-5-6-15(16(10-12)23-4)19-17(24)18-11-7-13(21-2)9-14(8-11)22-3/h5-10H,1-4H3,(H2,18,19,24). The smallest absolute Gasteiger partial charge is 0.175 e. The van der Waals surface area contributed by atoms with E-state index >= 15 is 0 Å². The fourth-order valence-electron chi connectivity index (χ4n) is 2.07. The molecule has 2 aromatic rings. The molecular formula is C17H20N2O4S. The minimum absolute atomic E-state index is 0.411. The molecule has 0 radical (unpaired) electrons. The molecule has 0 aliphatic carbocycles. The first-order valence-corrected chi connectivity index (χ1v) is 7.53. The first kappa shape index (κ1) is 17.7. The number of rotatable bonds is 6. The molecule has 2 rings (SSSR count). The lowest BCUT2D eigenvalue weighted by Gasteiger charge is -2.15. The van der Waals surface area contributed by atoms with Crippen LogP contribution < -0.4 is 29.6 Å². The molecule has 128 valence electrons. The fourth-order valence-corrected chi connectivity index (χ4v) is 2.29. The van der Waals surface area contributed by atoms with Gasteiger partial charge in [0.15, 0.2) is 5.11 Å². The van der Waals surface area contributed by atoms with E-state index in [0.29, 0.717) is 28.1 Å². The summed E-state index contributed by atoms with van der Waals surface area (Å²) in [4.78, 5) is 0. The summed E-state index contributed by atoms with van der Waals surface area (Å²) in [6.45, 7) is 0. The van der Waals surface area contributed by atoms with Crippen LogP contribution in [-0.4, -0.2) is 33.6 Å². The molecule has 24 heavy (non-hydrogen) atoms. The van der Waals surface area contributed by atoms with Crippen LogP contribution in [0.4, 0.5) is 11.4 Å². The van der Waals surface area contributed by atoms with E-state index in [0.717, 1.165) is 11.4 Å². The molecule has 0 bridgehead atoms. The molecule has 0 fully saturated rings. The maximum atomic E-state index is 5.36. The first-order valence-electron chi connectivity index (χ1n) is 7.12. The van der Waals surface area contributed by atoms with E-state index in [1.165, 1.54) is 0 Å². The van der Waals surface area contributed by atoms with Crippen molar-refractivity contribution in [3.63, 3.8) is 0 Å². The van der Waals surface area contributed by atoms with Crippen molar-refractivity contribution in [2.24, 2.45) is 0 Å². The molecule has 6 nitrogen and oxygen atoms in total. The lowest BCUT2D eigenvalue weighted by Crippen LogP contribution is -2.19. The Morgan fingerprint density at radius 2 is 1.38 bits per heavy atom. The Morgan fingerprint density at radius 1 is 0.750 bits per heavy atom. The summed E-state index contributed by atoms with van der Waals surface area (Å²) < 4.78 is 21.0. The number of ether oxygens (including phenoxy) is 4. The number of benzene rings is 2. The van der Waals surface area contributed by atoms with Gasteiger partial charge in [-0.05, 0) is 24.4 Å². The number of nitrogens with one attached hydrogen (secondary N) is 2. The minimum atomic E-state index is 0.411.